The van der Waals surface area contributed by atoms with Crippen LogP contribution in [0.5, 0.6) is 0 Å². The Balaban J connectivity index is 1.95. The minimum absolute atomic E-state index is 0.0460. The van der Waals surface area contributed by atoms with Crippen LogP contribution in [0.2, 0.25) is 0 Å². The van der Waals surface area contributed by atoms with Crippen molar-refractivity contribution in [2.24, 2.45) is 0 Å². The highest BCUT2D eigenvalue weighted by molar-refractivity contribution is 5.95. The van der Waals surface area contributed by atoms with Crippen molar-refractivity contribution in [2.45, 2.75) is 32.6 Å². The number of carbonyl (C=O) groups is 3. The van der Waals surface area contributed by atoms with Gasteiger partial charge in [-0.25, -0.2) is 0 Å². The average molecular weight is 318 g/mol. The topological polar surface area (TPSA) is 77.9 Å². The molecule has 6 nitrogen and oxygen atoms in total. The van der Waals surface area contributed by atoms with E-state index in [4.69, 9.17) is 5.11 Å². The quantitative estimate of drug-likeness (QED) is 0.829. The molecule has 6 heteroatoms. The van der Waals surface area contributed by atoms with E-state index >= 15 is 0 Å². The summed E-state index contributed by atoms with van der Waals surface area (Å²) in [4.78, 5) is 37.9. The first kappa shape index (κ1) is 17.0. The molecule has 0 spiro atoms. The third-order valence-electron chi connectivity index (χ3n) is 4.01. The van der Waals surface area contributed by atoms with E-state index in [1.54, 1.807) is 9.80 Å². The maximum Gasteiger partial charge on any atom is 0.305 e. The fourth-order valence-corrected chi connectivity index (χ4v) is 2.69. The van der Waals surface area contributed by atoms with Gasteiger partial charge in [-0.15, -0.1) is 0 Å². The second-order valence-corrected chi connectivity index (χ2v) is 5.61. The Morgan fingerprint density at radius 2 is 1.96 bits per heavy atom. The van der Waals surface area contributed by atoms with Crippen LogP contribution < -0.4 is 4.90 Å². The summed E-state index contributed by atoms with van der Waals surface area (Å²) in [5.41, 5.74) is 1.72. The molecule has 23 heavy (non-hydrogen) atoms. The van der Waals surface area contributed by atoms with E-state index in [9.17, 15) is 14.4 Å². The largest absolute Gasteiger partial charge is 0.481 e. The van der Waals surface area contributed by atoms with Crippen LogP contribution >= 0.6 is 0 Å². The van der Waals surface area contributed by atoms with Gasteiger partial charge in [0.2, 0.25) is 11.8 Å². The SMILES string of the molecule is CCN(CCC(=O)O)C(=O)Cc1ccc(N2CCCC2=O)cc1. The van der Waals surface area contributed by atoms with Crippen molar-refractivity contribution < 1.29 is 19.5 Å². The van der Waals surface area contributed by atoms with E-state index in [1.165, 1.54) is 0 Å². The molecule has 2 rings (SSSR count). The number of carboxylic acid groups (broad SMARTS) is 1. The molecule has 0 radical (unpaired) electrons. The number of hydrogen-bond acceptors (Lipinski definition) is 3. The molecule has 1 aromatic carbocycles. The van der Waals surface area contributed by atoms with Crippen molar-refractivity contribution in [2.75, 3.05) is 24.5 Å². The molecule has 0 aliphatic carbocycles. The number of likely N-dealkylation sites (N-methyl/N-ethyl adjacent to an activating group) is 1. The van der Waals surface area contributed by atoms with Crippen molar-refractivity contribution in [3.8, 4) is 0 Å². The van der Waals surface area contributed by atoms with Crippen molar-refractivity contribution in [3.05, 3.63) is 29.8 Å². The summed E-state index contributed by atoms with van der Waals surface area (Å²) in [5, 5.41) is 8.72. The van der Waals surface area contributed by atoms with Crippen LogP contribution in [0, 0.1) is 0 Å². The molecule has 1 aromatic rings. The lowest BCUT2D eigenvalue weighted by atomic mass is 10.1. The van der Waals surface area contributed by atoms with E-state index in [2.05, 4.69) is 0 Å². The van der Waals surface area contributed by atoms with E-state index in [1.807, 2.05) is 31.2 Å². The number of hydrogen-bond donors (Lipinski definition) is 1. The highest BCUT2D eigenvalue weighted by atomic mass is 16.4. The Morgan fingerprint density at radius 3 is 2.48 bits per heavy atom. The summed E-state index contributed by atoms with van der Waals surface area (Å²) in [7, 11) is 0. The van der Waals surface area contributed by atoms with Gasteiger partial charge in [-0.1, -0.05) is 12.1 Å². The number of amides is 2. The van der Waals surface area contributed by atoms with Gasteiger partial charge in [-0.05, 0) is 31.0 Å². The Labute approximate surface area is 135 Å². The molecular formula is C17H22N2O4. The van der Waals surface area contributed by atoms with Gasteiger partial charge < -0.3 is 14.9 Å². The van der Waals surface area contributed by atoms with Crippen LogP contribution in [0.15, 0.2) is 24.3 Å². The molecule has 0 saturated carbocycles. The lowest BCUT2D eigenvalue weighted by molar-refractivity contribution is -0.138. The number of carbonyl (C=O) groups excluding carboxylic acids is 2. The molecule has 124 valence electrons. The maximum absolute atomic E-state index is 12.2. The zero-order chi connectivity index (χ0) is 16.8. The van der Waals surface area contributed by atoms with Gasteiger partial charge in [0.15, 0.2) is 0 Å². The normalized spacial score (nSPS) is 14.1. The monoisotopic (exact) mass is 318 g/mol. The molecule has 1 aliphatic rings. The first-order valence-electron chi connectivity index (χ1n) is 7.90. The Kier molecular flexibility index (Phi) is 5.73. The van der Waals surface area contributed by atoms with Crippen LogP contribution in [0.1, 0.15) is 31.7 Å². The zero-order valence-corrected chi connectivity index (χ0v) is 13.3. The van der Waals surface area contributed by atoms with Crippen LogP contribution in [-0.4, -0.2) is 47.4 Å². The summed E-state index contributed by atoms with van der Waals surface area (Å²) in [6.07, 6.45) is 1.67. The van der Waals surface area contributed by atoms with Crippen molar-refractivity contribution in [1.82, 2.24) is 4.90 Å². The van der Waals surface area contributed by atoms with Gasteiger partial charge in [0.05, 0.1) is 12.8 Å². The zero-order valence-electron chi connectivity index (χ0n) is 13.3. The highest BCUT2D eigenvalue weighted by Gasteiger charge is 2.21. The average Bonchev–Trinajstić information content (AvgIpc) is 2.94. The molecule has 1 N–H and O–H groups in total. The number of nitrogens with zero attached hydrogens (tertiary/aromatic N) is 2. The Morgan fingerprint density at radius 1 is 1.26 bits per heavy atom. The van der Waals surface area contributed by atoms with Crippen LogP contribution in [0.4, 0.5) is 5.69 Å². The summed E-state index contributed by atoms with van der Waals surface area (Å²) in [5.74, 6) is -0.853. The second kappa shape index (κ2) is 7.76. The fourth-order valence-electron chi connectivity index (χ4n) is 2.69. The number of aliphatic carboxylic acids is 1. The molecule has 1 fully saturated rings. The van der Waals surface area contributed by atoms with Crippen molar-refractivity contribution in [1.29, 1.82) is 0 Å². The first-order chi connectivity index (χ1) is 11.0. The van der Waals surface area contributed by atoms with Gasteiger partial charge in [0.1, 0.15) is 0 Å². The Bertz CT molecular complexity index is 583. The minimum atomic E-state index is -0.907. The van der Waals surface area contributed by atoms with Crippen LogP contribution in [0.25, 0.3) is 0 Å². The number of carboxylic acids is 1. The standard InChI is InChI=1S/C17H22N2O4/c1-2-18(11-9-17(22)23)16(21)12-13-5-7-14(8-6-13)19-10-3-4-15(19)20/h5-8H,2-4,9-12H2,1H3,(H,22,23). The molecule has 0 bridgehead atoms. The second-order valence-electron chi connectivity index (χ2n) is 5.61. The molecule has 2 amide bonds. The van der Waals surface area contributed by atoms with E-state index < -0.39 is 5.97 Å². The van der Waals surface area contributed by atoms with E-state index in [0.717, 1.165) is 24.2 Å². The first-order valence-corrected chi connectivity index (χ1v) is 7.90. The lowest BCUT2D eigenvalue weighted by Crippen LogP contribution is -2.34. The minimum Gasteiger partial charge on any atom is -0.481 e. The molecule has 0 unspecified atom stereocenters. The smallest absolute Gasteiger partial charge is 0.305 e. The molecule has 1 saturated heterocycles. The predicted octanol–water partition coefficient (Wildman–Crippen LogP) is 1.68. The highest BCUT2D eigenvalue weighted by Crippen LogP contribution is 2.21. The summed E-state index contributed by atoms with van der Waals surface area (Å²) in [6, 6.07) is 7.42. The Hall–Kier alpha value is -2.37. The summed E-state index contributed by atoms with van der Waals surface area (Å²) < 4.78 is 0. The van der Waals surface area contributed by atoms with Crippen LogP contribution in [-0.2, 0) is 20.8 Å². The van der Waals surface area contributed by atoms with E-state index in [0.29, 0.717) is 13.0 Å². The van der Waals surface area contributed by atoms with Crippen LogP contribution in [0.3, 0.4) is 0 Å². The molecule has 1 heterocycles. The summed E-state index contributed by atoms with van der Waals surface area (Å²) >= 11 is 0. The van der Waals surface area contributed by atoms with Gasteiger partial charge in [0, 0.05) is 31.7 Å². The van der Waals surface area contributed by atoms with E-state index in [-0.39, 0.29) is 31.2 Å². The van der Waals surface area contributed by atoms with Gasteiger partial charge in [0.25, 0.3) is 0 Å². The van der Waals surface area contributed by atoms with Gasteiger partial charge in [-0.3, -0.25) is 14.4 Å². The predicted molar refractivity (Wildman–Crippen MR) is 86.2 cm³/mol. The molecular weight excluding hydrogens is 296 g/mol. The molecule has 0 atom stereocenters. The number of benzene rings is 1. The van der Waals surface area contributed by atoms with Gasteiger partial charge >= 0.3 is 5.97 Å². The molecule has 0 aromatic heterocycles. The third-order valence-corrected chi connectivity index (χ3v) is 4.01. The third kappa shape index (κ3) is 4.55. The van der Waals surface area contributed by atoms with Gasteiger partial charge in [-0.2, -0.15) is 0 Å². The maximum atomic E-state index is 12.2. The number of anilines is 1. The summed E-state index contributed by atoms with van der Waals surface area (Å²) in [6.45, 7) is 3.30. The molecule has 1 aliphatic heterocycles. The van der Waals surface area contributed by atoms with Crippen molar-refractivity contribution in [3.63, 3.8) is 0 Å². The fraction of sp³-hybridized carbons (Fsp3) is 0.471. The van der Waals surface area contributed by atoms with Crippen molar-refractivity contribution >= 4 is 23.5 Å². The number of rotatable bonds is 7. The lowest BCUT2D eigenvalue weighted by Gasteiger charge is -2.20.